The summed E-state index contributed by atoms with van der Waals surface area (Å²) in [7, 11) is 1.79. The lowest BCUT2D eigenvalue weighted by Gasteiger charge is -2.19. The molecule has 0 aromatic carbocycles. The minimum absolute atomic E-state index is 0.385. The molecule has 0 aliphatic rings. The minimum Gasteiger partial charge on any atom is -0.391 e. The van der Waals surface area contributed by atoms with Crippen molar-refractivity contribution in [1.29, 1.82) is 5.26 Å². The molecule has 1 aromatic heterocycles. The molecule has 1 rings (SSSR count). The lowest BCUT2D eigenvalue weighted by Crippen LogP contribution is -2.24. The standard InChI is InChI=1S/C11H17N3O2/c1-7-10(6-14(4)13-7)11(5-12)16-9(3)8(2)15/h6,8-9,11,15H,1-4H3. The van der Waals surface area contributed by atoms with Crippen molar-refractivity contribution in [2.24, 2.45) is 7.05 Å². The van der Waals surface area contributed by atoms with Gasteiger partial charge in [0.25, 0.3) is 0 Å². The normalized spacial score (nSPS) is 16.5. The summed E-state index contributed by atoms with van der Waals surface area (Å²) < 4.78 is 7.12. The molecule has 1 N–H and O–H groups in total. The van der Waals surface area contributed by atoms with Gasteiger partial charge in [-0.1, -0.05) is 0 Å². The number of aliphatic hydroxyl groups is 1. The Morgan fingerprint density at radius 2 is 2.19 bits per heavy atom. The highest BCUT2D eigenvalue weighted by molar-refractivity contribution is 5.23. The molecule has 0 amide bonds. The molecule has 0 fully saturated rings. The Morgan fingerprint density at radius 1 is 1.56 bits per heavy atom. The second kappa shape index (κ2) is 5.10. The number of rotatable bonds is 4. The maximum Gasteiger partial charge on any atom is 0.172 e. The molecule has 3 unspecified atom stereocenters. The average Bonchev–Trinajstić information content (AvgIpc) is 2.53. The van der Waals surface area contributed by atoms with Gasteiger partial charge in [-0.2, -0.15) is 10.4 Å². The van der Waals surface area contributed by atoms with Crippen LogP contribution in [0.1, 0.15) is 31.2 Å². The molecule has 16 heavy (non-hydrogen) atoms. The summed E-state index contributed by atoms with van der Waals surface area (Å²) in [5, 5.41) is 22.5. The molecule has 0 aliphatic heterocycles. The summed E-state index contributed by atoms with van der Waals surface area (Å²) in [4.78, 5) is 0. The number of hydrogen-bond donors (Lipinski definition) is 1. The van der Waals surface area contributed by atoms with Crippen LogP contribution >= 0.6 is 0 Å². The monoisotopic (exact) mass is 223 g/mol. The van der Waals surface area contributed by atoms with Gasteiger partial charge < -0.3 is 9.84 Å². The second-order valence-electron chi connectivity index (χ2n) is 3.93. The average molecular weight is 223 g/mol. The first-order valence-corrected chi connectivity index (χ1v) is 5.19. The molecule has 1 aromatic rings. The van der Waals surface area contributed by atoms with Crippen molar-refractivity contribution in [3.8, 4) is 6.07 Å². The van der Waals surface area contributed by atoms with E-state index in [0.717, 1.165) is 11.3 Å². The van der Waals surface area contributed by atoms with Crippen molar-refractivity contribution in [2.45, 2.75) is 39.1 Å². The third kappa shape index (κ3) is 2.81. The first kappa shape index (κ1) is 12.7. The number of nitrogens with zero attached hydrogens (tertiary/aromatic N) is 3. The van der Waals surface area contributed by atoms with Crippen LogP contribution in [-0.4, -0.2) is 27.1 Å². The molecule has 0 radical (unpaired) electrons. The Labute approximate surface area is 95.3 Å². The highest BCUT2D eigenvalue weighted by atomic mass is 16.5. The van der Waals surface area contributed by atoms with Gasteiger partial charge in [-0.05, 0) is 20.8 Å². The number of aryl methyl sites for hydroxylation is 2. The van der Waals surface area contributed by atoms with Gasteiger partial charge in [-0.15, -0.1) is 0 Å². The van der Waals surface area contributed by atoms with E-state index >= 15 is 0 Å². The van der Waals surface area contributed by atoms with Crippen LogP contribution in [-0.2, 0) is 11.8 Å². The van der Waals surface area contributed by atoms with Crippen molar-refractivity contribution in [3.05, 3.63) is 17.5 Å². The van der Waals surface area contributed by atoms with Gasteiger partial charge in [0.05, 0.1) is 24.0 Å². The fourth-order valence-electron chi connectivity index (χ4n) is 1.38. The zero-order valence-electron chi connectivity index (χ0n) is 10.0. The molecule has 0 spiro atoms. The molecule has 88 valence electrons. The van der Waals surface area contributed by atoms with E-state index in [2.05, 4.69) is 11.2 Å². The van der Waals surface area contributed by atoms with Crippen LogP contribution in [0.4, 0.5) is 0 Å². The van der Waals surface area contributed by atoms with Gasteiger partial charge in [0, 0.05) is 18.8 Å². The first-order valence-electron chi connectivity index (χ1n) is 5.19. The Hall–Kier alpha value is -1.38. The molecular formula is C11H17N3O2. The van der Waals surface area contributed by atoms with Gasteiger partial charge in [0.1, 0.15) is 0 Å². The van der Waals surface area contributed by atoms with Gasteiger partial charge in [0.2, 0.25) is 0 Å². The summed E-state index contributed by atoms with van der Waals surface area (Å²) in [5.74, 6) is 0. The summed E-state index contributed by atoms with van der Waals surface area (Å²) in [6, 6.07) is 2.07. The van der Waals surface area contributed by atoms with Crippen LogP contribution < -0.4 is 0 Å². The summed E-state index contributed by atoms with van der Waals surface area (Å²) >= 11 is 0. The van der Waals surface area contributed by atoms with Crippen molar-refractivity contribution >= 4 is 0 Å². The SMILES string of the molecule is Cc1nn(C)cc1C(C#N)OC(C)C(C)O. The summed E-state index contributed by atoms with van der Waals surface area (Å²) in [5.41, 5.74) is 1.52. The molecular weight excluding hydrogens is 206 g/mol. The molecule has 5 heteroatoms. The third-order valence-electron chi connectivity index (χ3n) is 2.48. The zero-order valence-corrected chi connectivity index (χ0v) is 10.0. The summed E-state index contributed by atoms with van der Waals surface area (Å²) in [6.07, 6.45) is 0.0909. The minimum atomic E-state index is -0.682. The molecule has 3 atom stereocenters. The van der Waals surface area contributed by atoms with Crippen LogP contribution in [0.2, 0.25) is 0 Å². The summed E-state index contributed by atoms with van der Waals surface area (Å²) in [6.45, 7) is 5.20. The predicted octanol–water partition coefficient (Wildman–Crippen LogP) is 1.08. The Morgan fingerprint density at radius 3 is 2.56 bits per heavy atom. The molecule has 0 aliphatic carbocycles. The zero-order chi connectivity index (χ0) is 12.3. The second-order valence-corrected chi connectivity index (χ2v) is 3.93. The van der Waals surface area contributed by atoms with E-state index < -0.39 is 12.2 Å². The number of ether oxygens (including phenoxy) is 1. The highest BCUT2D eigenvalue weighted by Gasteiger charge is 2.21. The molecule has 1 heterocycles. The van der Waals surface area contributed by atoms with Gasteiger partial charge in [-0.3, -0.25) is 4.68 Å². The van der Waals surface area contributed by atoms with E-state index in [4.69, 9.17) is 10.00 Å². The topological polar surface area (TPSA) is 71.1 Å². The molecule has 0 saturated heterocycles. The van der Waals surface area contributed by atoms with Crippen LogP contribution in [0.25, 0.3) is 0 Å². The number of hydrogen-bond acceptors (Lipinski definition) is 4. The van der Waals surface area contributed by atoms with Crippen molar-refractivity contribution in [2.75, 3.05) is 0 Å². The Balaban J connectivity index is 2.84. The molecule has 0 saturated carbocycles. The van der Waals surface area contributed by atoms with E-state index in [9.17, 15) is 5.11 Å². The number of aliphatic hydroxyl groups excluding tert-OH is 1. The van der Waals surface area contributed by atoms with Crippen LogP contribution in [0.15, 0.2) is 6.20 Å². The lowest BCUT2D eigenvalue weighted by atomic mass is 10.1. The Bertz CT molecular complexity index is 392. The fourth-order valence-corrected chi connectivity index (χ4v) is 1.38. The first-order chi connectivity index (χ1) is 7.45. The van der Waals surface area contributed by atoms with Crippen molar-refractivity contribution in [3.63, 3.8) is 0 Å². The largest absolute Gasteiger partial charge is 0.391 e. The third-order valence-corrected chi connectivity index (χ3v) is 2.48. The highest BCUT2D eigenvalue weighted by Crippen LogP contribution is 2.21. The molecule has 5 nitrogen and oxygen atoms in total. The molecule has 0 bridgehead atoms. The number of aromatic nitrogens is 2. The fraction of sp³-hybridized carbons (Fsp3) is 0.636. The maximum atomic E-state index is 9.33. The van der Waals surface area contributed by atoms with Gasteiger partial charge in [-0.25, -0.2) is 0 Å². The quantitative estimate of drug-likeness (QED) is 0.829. The van der Waals surface area contributed by atoms with Crippen LogP contribution in [0, 0.1) is 18.3 Å². The van der Waals surface area contributed by atoms with Crippen LogP contribution in [0.3, 0.4) is 0 Å². The van der Waals surface area contributed by atoms with Gasteiger partial charge >= 0.3 is 0 Å². The van der Waals surface area contributed by atoms with E-state index in [1.54, 1.807) is 31.8 Å². The van der Waals surface area contributed by atoms with E-state index in [-0.39, 0.29) is 6.10 Å². The van der Waals surface area contributed by atoms with Gasteiger partial charge in [0.15, 0.2) is 6.10 Å². The maximum absolute atomic E-state index is 9.33. The predicted molar refractivity (Wildman–Crippen MR) is 58.5 cm³/mol. The number of nitriles is 1. The van der Waals surface area contributed by atoms with Crippen LogP contribution in [0.5, 0.6) is 0 Å². The Kier molecular flexibility index (Phi) is 4.05. The van der Waals surface area contributed by atoms with Crippen molar-refractivity contribution < 1.29 is 9.84 Å². The van der Waals surface area contributed by atoms with E-state index in [0.29, 0.717) is 0 Å². The lowest BCUT2D eigenvalue weighted by molar-refractivity contribution is -0.0427. The van der Waals surface area contributed by atoms with E-state index in [1.165, 1.54) is 0 Å². The van der Waals surface area contributed by atoms with Crippen molar-refractivity contribution in [1.82, 2.24) is 9.78 Å². The smallest absolute Gasteiger partial charge is 0.172 e. The van der Waals surface area contributed by atoms with E-state index in [1.807, 2.05) is 6.92 Å².